The van der Waals surface area contributed by atoms with Crippen LogP contribution >= 0.6 is 22.9 Å². The average molecular weight is 512 g/mol. The van der Waals surface area contributed by atoms with E-state index in [0.29, 0.717) is 29.4 Å². The highest BCUT2D eigenvalue weighted by Crippen LogP contribution is 2.37. The van der Waals surface area contributed by atoms with Crippen molar-refractivity contribution in [3.8, 4) is 5.75 Å². The fourth-order valence-corrected chi connectivity index (χ4v) is 4.91. The maximum atomic E-state index is 13.6. The van der Waals surface area contributed by atoms with E-state index in [-0.39, 0.29) is 30.9 Å². The minimum absolute atomic E-state index is 0.142. The maximum Gasteiger partial charge on any atom is 0.262 e. The summed E-state index contributed by atoms with van der Waals surface area (Å²) in [6.45, 7) is 0.419. The second-order valence-electron chi connectivity index (χ2n) is 7.95. The summed E-state index contributed by atoms with van der Waals surface area (Å²) in [6.07, 6.45) is 0.542. The topological polar surface area (TPSA) is 71.4 Å². The number of benzene rings is 2. The third kappa shape index (κ3) is 5.73. The van der Waals surface area contributed by atoms with E-state index < -0.39 is 0 Å². The fourth-order valence-electron chi connectivity index (χ4n) is 3.93. The monoisotopic (exact) mass is 511 g/mol. The largest absolute Gasteiger partial charge is 0.497 e. The molecule has 0 bridgehead atoms. The van der Waals surface area contributed by atoms with Gasteiger partial charge in [0.1, 0.15) is 12.3 Å². The molecule has 0 aliphatic carbocycles. The van der Waals surface area contributed by atoms with Crippen LogP contribution in [0.5, 0.6) is 5.75 Å². The predicted octanol–water partition coefficient (Wildman–Crippen LogP) is 4.88. The number of rotatable bonds is 9. The molecule has 0 radical (unpaired) electrons. The fraction of sp³-hybridized carbons (Fsp3) is 0.269. The Bertz CT molecular complexity index is 1200. The number of ether oxygens (including phenoxy) is 2. The first-order chi connectivity index (χ1) is 17.0. The van der Waals surface area contributed by atoms with Crippen LogP contribution in [0.1, 0.15) is 33.3 Å². The zero-order valence-electron chi connectivity index (χ0n) is 19.5. The van der Waals surface area contributed by atoms with Crippen molar-refractivity contribution in [2.45, 2.75) is 12.5 Å². The number of hydrazone groups is 1. The van der Waals surface area contributed by atoms with Gasteiger partial charge in [-0.25, -0.2) is 5.01 Å². The van der Waals surface area contributed by atoms with Crippen LogP contribution < -0.4 is 4.74 Å². The molecule has 2 aromatic carbocycles. The van der Waals surface area contributed by atoms with Gasteiger partial charge in [-0.3, -0.25) is 9.59 Å². The Hall–Kier alpha value is -3.20. The molecule has 3 aromatic rings. The minimum Gasteiger partial charge on any atom is -0.497 e. The summed E-state index contributed by atoms with van der Waals surface area (Å²) in [5.74, 6) is 0.0876. The molecule has 2 amide bonds. The standard InChI is InChI=1S/C26H26ClN3O4S/c1-33-14-13-29(26(32)18-9-11-19(34-2)12-10-18)17-25(31)30-23(20-6-3-4-7-21(20)27)16-22(28-30)24-8-5-15-35-24/h3-12,15,23H,13-14,16-17H2,1-2H3. The van der Waals surface area contributed by atoms with Crippen molar-refractivity contribution in [2.75, 3.05) is 33.9 Å². The highest BCUT2D eigenvalue weighted by molar-refractivity contribution is 7.12. The molecule has 7 nitrogen and oxygen atoms in total. The van der Waals surface area contributed by atoms with Crippen molar-refractivity contribution in [3.63, 3.8) is 0 Å². The molecule has 1 aliphatic rings. The Kier molecular flexibility index (Phi) is 8.17. The molecular formula is C26H26ClN3O4S. The van der Waals surface area contributed by atoms with Gasteiger partial charge in [0.2, 0.25) is 0 Å². The van der Waals surface area contributed by atoms with Crippen LogP contribution in [-0.2, 0) is 9.53 Å². The molecule has 0 fully saturated rings. The van der Waals surface area contributed by atoms with Gasteiger partial charge in [-0.15, -0.1) is 11.3 Å². The molecule has 0 saturated carbocycles. The summed E-state index contributed by atoms with van der Waals surface area (Å²) in [4.78, 5) is 29.3. The average Bonchev–Trinajstić information content (AvgIpc) is 3.57. The van der Waals surface area contributed by atoms with E-state index in [0.717, 1.165) is 16.2 Å². The van der Waals surface area contributed by atoms with E-state index >= 15 is 0 Å². The number of carbonyl (C=O) groups is 2. The van der Waals surface area contributed by atoms with Crippen molar-refractivity contribution in [3.05, 3.63) is 87.1 Å². The van der Waals surface area contributed by atoms with Gasteiger partial charge < -0.3 is 14.4 Å². The molecule has 0 spiro atoms. The molecular weight excluding hydrogens is 486 g/mol. The van der Waals surface area contributed by atoms with Crippen molar-refractivity contribution in [1.29, 1.82) is 0 Å². The normalized spacial score (nSPS) is 15.1. The lowest BCUT2D eigenvalue weighted by Gasteiger charge is -2.27. The first-order valence-corrected chi connectivity index (χ1v) is 12.4. The van der Waals surface area contributed by atoms with Gasteiger partial charge in [0.25, 0.3) is 11.8 Å². The number of halogens is 1. The number of methoxy groups -OCH3 is 2. The molecule has 182 valence electrons. The quantitative estimate of drug-likeness (QED) is 0.410. The number of hydrogen-bond acceptors (Lipinski definition) is 6. The van der Waals surface area contributed by atoms with Crippen LogP contribution in [0.15, 0.2) is 71.1 Å². The molecule has 4 rings (SSSR count). The minimum atomic E-state index is -0.353. The Morgan fingerprint density at radius 3 is 2.54 bits per heavy atom. The number of thiophene rings is 1. The number of nitrogens with zero attached hydrogens (tertiary/aromatic N) is 3. The van der Waals surface area contributed by atoms with Gasteiger partial charge in [-0.05, 0) is 47.3 Å². The molecule has 9 heteroatoms. The van der Waals surface area contributed by atoms with Crippen molar-refractivity contribution >= 4 is 40.5 Å². The van der Waals surface area contributed by atoms with E-state index in [2.05, 4.69) is 5.10 Å². The summed E-state index contributed by atoms with van der Waals surface area (Å²) in [7, 11) is 3.13. The molecule has 0 saturated heterocycles. The van der Waals surface area contributed by atoms with Crippen LogP contribution in [0.2, 0.25) is 5.02 Å². The second-order valence-corrected chi connectivity index (χ2v) is 9.31. The SMILES string of the molecule is COCCN(CC(=O)N1N=C(c2cccs2)CC1c1ccccc1Cl)C(=O)c1ccc(OC)cc1. The van der Waals surface area contributed by atoms with Gasteiger partial charge in [0.05, 0.1) is 30.3 Å². The molecule has 35 heavy (non-hydrogen) atoms. The van der Waals surface area contributed by atoms with Crippen LogP contribution in [0, 0.1) is 0 Å². The van der Waals surface area contributed by atoms with E-state index in [1.54, 1.807) is 55.9 Å². The van der Waals surface area contributed by atoms with E-state index in [4.69, 9.17) is 21.1 Å². The molecule has 0 N–H and O–H groups in total. The van der Waals surface area contributed by atoms with Gasteiger partial charge in [0, 0.05) is 30.7 Å². The Labute approximate surface area is 213 Å². The molecule has 1 atom stereocenters. The summed E-state index contributed by atoms with van der Waals surface area (Å²) >= 11 is 8.07. The van der Waals surface area contributed by atoms with E-state index in [1.807, 2.05) is 35.7 Å². The highest BCUT2D eigenvalue weighted by Gasteiger charge is 2.35. The number of hydrogen-bond donors (Lipinski definition) is 0. The number of carbonyl (C=O) groups excluding carboxylic acids is 2. The summed E-state index contributed by atoms with van der Waals surface area (Å²) in [5, 5.41) is 8.71. The van der Waals surface area contributed by atoms with Gasteiger partial charge in [-0.1, -0.05) is 35.9 Å². The van der Waals surface area contributed by atoms with Crippen LogP contribution in [-0.4, -0.2) is 61.4 Å². The number of amides is 2. The Morgan fingerprint density at radius 1 is 1.11 bits per heavy atom. The lowest BCUT2D eigenvalue weighted by Crippen LogP contribution is -2.42. The van der Waals surface area contributed by atoms with Gasteiger partial charge >= 0.3 is 0 Å². The van der Waals surface area contributed by atoms with Gasteiger partial charge in [0.15, 0.2) is 0 Å². The van der Waals surface area contributed by atoms with E-state index in [1.165, 1.54) is 9.91 Å². The van der Waals surface area contributed by atoms with Crippen LogP contribution in [0.4, 0.5) is 0 Å². The first kappa shape index (κ1) is 24.9. The lowest BCUT2D eigenvalue weighted by atomic mass is 10.0. The Balaban J connectivity index is 1.60. The molecule has 1 aromatic heterocycles. The van der Waals surface area contributed by atoms with Gasteiger partial charge in [-0.2, -0.15) is 5.10 Å². The highest BCUT2D eigenvalue weighted by atomic mass is 35.5. The second kappa shape index (κ2) is 11.5. The predicted molar refractivity (Wildman–Crippen MR) is 137 cm³/mol. The van der Waals surface area contributed by atoms with Crippen molar-refractivity contribution < 1.29 is 19.1 Å². The van der Waals surface area contributed by atoms with Crippen LogP contribution in [0.3, 0.4) is 0 Å². The zero-order chi connectivity index (χ0) is 24.8. The third-order valence-electron chi connectivity index (χ3n) is 5.75. The smallest absolute Gasteiger partial charge is 0.262 e. The first-order valence-electron chi connectivity index (χ1n) is 11.1. The maximum absolute atomic E-state index is 13.6. The Morgan fingerprint density at radius 2 is 1.89 bits per heavy atom. The summed E-state index contributed by atoms with van der Waals surface area (Å²) in [6, 6.07) is 17.8. The zero-order valence-corrected chi connectivity index (χ0v) is 21.1. The summed E-state index contributed by atoms with van der Waals surface area (Å²) in [5.41, 5.74) is 2.10. The molecule has 1 unspecified atom stereocenters. The molecule has 1 aliphatic heterocycles. The molecule has 2 heterocycles. The van der Waals surface area contributed by atoms with Crippen molar-refractivity contribution in [1.82, 2.24) is 9.91 Å². The third-order valence-corrected chi connectivity index (χ3v) is 7.01. The lowest BCUT2D eigenvalue weighted by molar-refractivity contribution is -0.133. The van der Waals surface area contributed by atoms with Crippen LogP contribution in [0.25, 0.3) is 0 Å². The van der Waals surface area contributed by atoms with E-state index in [9.17, 15) is 9.59 Å². The summed E-state index contributed by atoms with van der Waals surface area (Å²) < 4.78 is 10.4. The van der Waals surface area contributed by atoms with Crippen molar-refractivity contribution in [2.24, 2.45) is 5.10 Å².